The highest BCUT2D eigenvalue weighted by Gasteiger charge is 2.74. The number of likely N-dealkylation sites (tertiary alicyclic amines) is 1. The number of nitrogens with zero attached hydrogens (tertiary/aromatic N) is 2. The molecule has 2 aromatic rings. The maximum absolute atomic E-state index is 14.6. The Morgan fingerprint density at radius 1 is 1.03 bits per heavy atom. The van der Waals surface area contributed by atoms with E-state index in [2.05, 4.69) is 0 Å². The molecule has 0 aromatic heterocycles. The Hall–Kier alpha value is -3.07. The highest BCUT2D eigenvalue weighted by Crippen LogP contribution is 2.65. The van der Waals surface area contributed by atoms with E-state index in [1.165, 1.54) is 11.8 Å². The Morgan fingerprint density at radius 3 is 2.49 bits per heavy atom. The molecule has 0 radical (unpaired) electrons. The lowest BCUT2D eigenvalue weighted by atomic mass is 9.75. The largest absolute Gasteiger partial charge is 0.461 e. The number of benzene rings is 2. The molecule has 0 bridgehead atoms. The van der Waals surface area contributed by atoms with Gasteiger partial charge in [-0.15, -0.1) is 11.8 Å². The molecule has 2 amide bonds. The Balaban J connectivity index is 1.49. The number of ether oxygens (including phenoxy) is 1. The van der Waals surface area contributed by atoms with E-state index in [9.17, 15) is 19.5 Å². The first-order valence-corrected chi connectivity index (χ1v) is 14.2. The van der Waals surface area contributed by atoms with Crippen LogP contribution >= 0.6 is 23.4 Å². The van der Waals surface area contributed by atoms with Crippen LogP contribution in [0.5, 0.6) is 0 Å². The lowest BCUT2D eigenvalue weighted by Gasteiger charge is -2.39. The lowest BCUT2D eigenvalue weighted by Crippen LogP contribution is -2.57. The van der Waals surface area contributed by atoms with Gasteiger partial charge in [0.25, 0.3) is 5.91 Å². The van der Waals surface area contributed by atoms with Gasteiger partial charge in [0.1, 0.15) is 12.6 Å². The van der Waals surface area contributed by atoms with Crippen LogP contribution in [0.1, 0.15) is 12.5 Å². The van der Waals surface area contributed by atoms with E-state index in [1.54, 1.807) is 34.1 Å². The van der Waals surface area contributed by atoms with Crippen molar-refractivity contribution in [2.24, 2.45) is 11.8 Å². The average Bonchev–Trinajstić information content (AvgIpc) is 3.19. The fourth-order valence-electron chi connectivity index (χ4n) is 6.68. The third-order valence-electron chi connectivity index (χ3n) is 8.31. The van der Waals surface area contributed by atoms with E-state index < -0.39 is 39.4 Å². The summed E-state index contributed by atoms with van der Waals surface area (Å²) in [7, 11) is 0. The molecule has 202 valence electrons. The van der Waals surface area contributed by atoms with Gasteiger partial charge in [0.15, 0.2) is 0 Å². The minimum atomic E-state index is -1.01. The van der Waals surface area contributed by atoms with Crippen LogP contribution in [0.2, 0.25) is 5.02 Å². The van der Waals surface area contributed by atoms with Gasteiger partial charge in [-0.3, -0.25) is 14.4 Å². The van der Waals surface area contributed by atoms with Gasteiger partial charge in [-0.2, -0.15) is 0 Å². The minimum Gasteiger partial charge on any atom is -0.461 e. The van der Waals surface area contributed by atoms with Crippen LogP contribution in [0.3, 0.4) is 0 Å². The predicted molar refractivity (Wildman–Crippen MR) is 150 cm³/mol. The zero-order chi connectivity index (χ0) is 27.4. The molecular formula is C30H29ClN2O5S. The summed E-state index contributed by atoms with van der Waals surface area (Å²) in [5.74, 6) is -2.58. The molecule has 7 nitrogen and oxygen atoms in total. The van der Waals surface area contributed by atoms with Gasteiger partial charge in [0.05, 0.1) is 29.2 Å². The van der Waals surface area contributed by atoms with Crippen molar-refractivity contribution >= 4 is 46.8 Å². The van der Waals surface area contributed by atoms with E-state index in [0.717, 1.165) is 5.56 Å². The van der Waals surface area contributed by atoms with Crippen LogP contribution in [0, 0.1) is 11.8 Å². The van der Waals surface area contributed by atoms with Crippen molar-refractivity contribution in [2.45, 2.75) is 34.9 Å². The summed E-state index contributed by atoms with van der Waals surface area (Å²) in [6.07, 6.45) is 8.00. The third kappa shape index (κ3) is 4.12. The Kier molecular flexibility index (Phi) is 6.60. The molecular weight excluding hydrogens is 536 g/mol. The van der Waals surface area contributed by atoms with Gasteiger partial charge in [0.2, 0.25) is 5.91 Å². The first-order valence-electron chi connectivity index (χ1n) is 13.1. The van der Waals surface area contributed by atoms with Crippen LogP contribution in [-0.2, 0) is 25.5 Å². The number of hydrogen-bond donors (Lipinski definition) is 1. The molecule has 2 aromatic carbocycles. The van der Waals surface area contributed by atoms with Crippen molar-refractivity contribution in [1.29, 1.82) is 0 Å². The number of esters is 1. The maximum atomic E-state index is 14.6. The number of carbonyl (C=O) groups is 3. The third-order valence-corrected chi connectivity index (χ3v) is 10.4. The van der Waals surface area contributed by atoms with E-state index in [4.69, 9.17) is 16.3 Å². The van der Waals surface area contributed by atoms with E-state index in [1.807, 2.05) is 61.6 Å². The number of fused-ring (bicyclic) bond motifs is 2. The topological polar surface area (TPSA) is 87.1 Å². The van der Waals surface area contributed by atoms with Crippen LogP contribution in [-0.4, -0.2) is 69.1 Å². The zero-order valence-corrected chi connectivity index (χ0v) is 23.0. The molecule has 4 aliphatic heterocycles. The molecule has 0 saturated carbocycles. The molecule has 4 aliphatic rings. The predicted octanol–water partition coefficient (Wildman–Crippen LogP) is 3.65. The summed E-state index contributed by atoms with van der Waals surface area (Å²) in [5.41, 5.74) is 1.60. The lowest BCUT2D eigenvalue weighted by molar-refractivity contribution is -0.153. The molecule has 2 saturated heterocycles. The first-order chi connectivity index (χ1) is 18.8. The second-order valence-electron chi connectivity index (χ2n) is 10.6. The quantitative estimate of drug-likeness (QED) is 0.441. The highest BCUT2D eigenvalue weighted by molar-refractivity contribution is 8.02. The number of amides is 2. The highest BCUT2D eigenvalue weighted by atomic mass is 35.5. The summed E-state index contributed by atoms with van der Waals surface area (Å²) in [4.78, 5) is 45.6. The Morgan fingerprint density at radius 2 is 1.77 bits per heavy atom. The van der Waals surface area contributed by atoms with Crippen molar-refractivity contribution in [1.82, 2.24) is 4.90 Å². The molecule has 4 heterocycles. The normalized spacial score (nSPS) is 32.3. The van der Waals surface area contributed by atoms with E-state index in [-0.39, 0.29) is 25.0 Å². The molecule has 1 unspecified atom stereocenters. The Labute approximate surface area is 236 Å². The standard InChI is InChI=1S/C30H29ClN2O5S/c1-29-13-6-16-38-28(37)24(29)23-26(35)33(22(18-34)17-19-7-3-2-4-8-19)25-27(36)32(15-5-14-30(23,25)39-29)21-11-9-20(31)10-12-21/h2-14,22-25,34H,15-18H2,1H3/t22-,23+,24+,25?,29-,30+/m1/s1. The fraction of sp³-hybridized carbons (Fsp3) is 0.367. The summed E-state index contributed by atoms with van der Waals surface area (Å²) in [6.45, 7) is 2.08. The average molecular weight is 565 g/mol. The van der Waals surface area contributed by atoms with Gasteiger partial charge < -0.3 is 19.6 Å². The van der Waals surface area contributed by atoms with Gasteiger partial charge >= 0.3 is 5.97 Å². The van der Waals surface area contributed by atoms with Crippen LogP contribution in [0.15, 0.2) is 78.9 Å². The molecule has 1 N–H and O–H groups in total. The van der Waals surface area contributed by atoms with Crippen LogP contribution in [0.4, 0.5) is 5.69 Å². The van der Waals surface area contributed by atoms with Gasteiger partial charge in [-0.05, 0) is 49.2 Å². The summed E-state index contributed by atoms with van der Waals surface area (Å²) < 4.78 is 3.76. The smallest absolute Gasteiger partial charge is 0.311 e. The molecule has 6 atom stereocenters. The Bertz CT molecular complexity index is 1370. The van der Waals surface area contributed by atoms with Gasteiger partial charge in [-0.1, -0.05) is 60.2 Å². The number of hydrogen-bond acceptors (Lipinski definition) is 6. The number of cyclic esters (lactones) is 1. The van der Waals surface area contributed by atoms with Crippen molar-refractivity contribution in [3.63, 3.8) is 0 Å². The number of carbonyl (C=O) groups excluding carboxylic acids is 3. The molecule has 6 rings (SSSR count). The van der Waals surface area contributed by atoms with Crippen molar-refractivity contribution in [3.05, 3.63) is 89.5 Å². The fourth-order valence-corrected chi connectivity index (χ4v) is 8.94. The van der Waals surface area contributed by atoms with E-state index >= 15 is 0 Å². The van der Waals surface area contributed by atoms with Crippen LogP contribution in [0.25, 0.3) is 0 Å². The number of halogens is 1. The number of aliphatic hydroxyl groups excluding tert-OH is 1. The SMILES string of the molecule is C[C@@]12C=CCOC(=O)[C@@H]1[C@H]1C(=O)N([C@@H](CO)Cc3ccccc3)C3C(=O)N(c4ccc(Cl)cc4)CC=C[C@@]31S2. The number of rotatable bonds is 5. The number of thioether (sulfide) groups is 1. The molecule has 0 aliphatic carbocycles. The number of anilines is 1. The molecule has 9 heteroatoms. The second-order valence-corrected chi connectivity index (χ2v) is 12.9. The van der Waals surface area contributed by atoms with Crippen molar-refractivity contribution in [3.8, 4) is 0 Å². The van der Waals surface area contributed by atoms with Crippen molar-refractivity contribution < 1.29 is 24.2 Å². The molecule has 39 heavy (non-hydrogen) atoms. The van der Waals surface area contributed by atoms with Crippen LogP contribution < -0.4 is 4.90 Å². The molecule has 2 fully saturated rings. The summed E-state index contributed by atoms with van der Waals surface area (Å²) in [6, 6.07) is 15.0. The van der Waals surface area contributed by atoms with E-state index in [0.29, 0.717) is 23.7 Å². The maximum Gasteiger partial charge on any atom is 0.311 e. The van der Waals surface area contributed by atoms with Gasteiger partial charge in [-0.25, -0.2) is 0 Å². The monoisotopic (exact) mass is 564 g/mol. The summed E-state index contributed by atoms with van der Waals surface area (Å²) in [5, 5.41) is 11.2. The van der Waals surface area contributed by atoms with Gasteiger partial charge in [0, 0.05) is 22.0 Å². The second kappa shape index (κ2) is 9.84. The number of aliphatic hydroxyl groups is 1. The minimum absolute atomic E-state index is 0.152. The van der Waals surface area contributed by atoms with Crippen molar-refractivity contribution in [2.75, 3.05) is 24.7 Å². The molecule has 1 spiro atoms. The zero-order valence-electron chi connectivity index (χ0n) is 21.4. The summed E-state index contributed by atoms with van der Waals surface area (Å²) >= 11 is 7.61. The first kappa shape index (κ1) is 26.2.